The van der Waals surface area contributed by atoms with Gasteiger partial charge in [0.2, 0.25) is 5.88 Å². The van der Waals surface area contributed by atoms with Gasteiger partial charge in [0, 0.05) is 5.70 Å². The van der Waals surface area contributed by atoms with Gasteiger partial charge in [-0.2, -0.15) is 5.10 Å². The molecule has 1 aliphatic rings. The van der Waals surface area contributed by atoms with Crippen molar-refractivity contribution in [1.29, 1.82) is 0 Å². The van der Waals surface area contributed by atoms with E-state index in [0.29, 0.717) is 11.3 Å². The minimum atomic E-state index is -0.901. The summed E-state index contributed by atoms with van der Waals surface area (Å²) < 4.78 is 15.9. The predicted octanol–water partition coefficient (Wildman–Crippen LogP) is -0.502. The Morgan fingerprint density at radius 1 is 1.19 bits per heavy atom. The van der Waals surface area contributed by atoms with E-state index in [0.717, 1.165) is 6.21 Å². The summed E-state index contributed by atoms with van der Waals surface area (Å²) in [6.07, 6.45) is 0.849. The lowest BCUT2D eigenvalue weighted by Crippen LogP contribution is -2.45. The molecule has 3 rings (SSSR count). The van der Waals surface area contributed by atoms with Crippen LogP contribution in [0, 0.1) is 0 Å². The number of carbonyl (C=O) groups excluding carboxylic acids is 3. The summed E-state index contributed by atoms with van der Waals surface area (Å²) in [6.45, 7) is 2.91. The summed E-state index contributed by atoms with van der Waals surface area (Å²) in [5.41, 5.74) is 1.01. The second kappa shape index (κ2) is 11.6. The quantitative estimate of drug-likeness (QED) is 0.144. The number of hydrazone groups is 1. The molecule has 0 spiro atoms. The van der Waals surface area contributed by atoms with Crippen LogP contribution in [0.5, 0.6) is 17.4 Å². The topological polar surface area (TPSA) is 213 Å². The van der Waals surface area contributed by atoms with Crippen LogP contribution in [0.1, 0.15) is 31.0 Å². The summed E-state index contributed by atoms with van der Waals surface area (Å²) >= 11 is 0. The van der Waals surface area contributed by atoms with Gasteiger partial charge < -0.3 is 30.0 Å². The number of amides is 3. The van der Waals surface area contributed by atoms with Crippen molar-refractivity contribution >= 4 is 24.1 Å². The Morgan fingerprint density at radius 3 is 2.62 bits per heavy atom. The number of benzene rings is 1. The van der Waals surface area contributed by atoms with Crippen molar-refractivity contribution in [2.75, 3.05) is 20.3 Å². The SMILES string of the molecule is CCOC(=O)C1=C(C)NC(=O)N[C@H]1c1ccc(OCC(=O)N/N=C/c2c(O)[nH]c(=O)[nH]c2=O)c(OC)c1. The van der Waals surface area contributed by atoms with Gasteiger partial charge >= 0.3 is 17.7 Å². The fourth-order valence-corrected chi connectivity index (χ4v) is 3.35. The highest BCUT2D eigenvalue weighted by molar-refractivity contribution is 5.95. The van der Waals surface area contributed by atoms with Gasteiger partial charge in [0.05, 0.1) is 31.5 Å². The summed E-state index contributed by atoms with van der Waals surface area (Å²) in [7, 11) is 1.37. The number of nitrogens with one attached hydrogen (secondary N) is 5. The maximum atomic E-state index is 12.5. The fourth-order valence-electron chi connectivity index (χ4n) is 3.35. The smallest absolute Gasteiger partial charge is 0.338 e. The van der Waals surface area contributed by atoms with E-state index in [-0.39, 0.29) is 29.2 Å². The van der Waals surface area contributed by atoms with E-state index in [1.54, 1.807) is 26.0 Å². The summed E-state index contributed by atoms with van der Waals surface area (Å²) in [4.78, 5) is 63.2. The Kier molecular flexibility index (Phi) is 8.29. The van der Waals surface area contributed by atoms with Crippen molar-refractivity contribution in [1.82, 2.24) is 26.0 Å². The van der Waals surface area contributed by atoms with Gasteiger partial charge in [-0.25, -0.2) is 19.8 Å². The largest absolute Gasteiger partial charge is 0.494 e. The molecule has 0 aliphatic carbocycles. The molecule has 0 fully saturated rings. The molecule has 0 radical (unpaired) electrons. The van der Waals surface area contributed by atoms with Crippen LogP contribution in [0.3, 0.4) is 0 Å². The molecule has 1 aromatic carbocycles. The molecule has 2 aromatic rings. The van der Waals surface area contributed by atoms with Crippen molar-refractivity contribution < 1.29 is 33.7 Å². The molecule has 3 amide bonds. The molecule has 196 valence electrons. The first kappa shape index (κ1) is 26.5. The van der Waals surface area contributed by atoms with Crippen LogP contribution < -0.4 is 36.8 Å². The number of aromatic nitrogens is 2. The molecule has 0 saturated carbocycles. The van der Waals surface area contributed by atoms with Gasteiger partial charge in [0.15, 0.2) is 18.1 Å². The number of ether oxygens (including phenoxy) is 3. The molecular formula is C22H24N6O9. The molecular weight excluding hydrogens is 492 g/mol. The van der Waals surface area contributed by atoms with Crippen LogP contribution in [0.25, 0.3) is 0 Å². The van der Waals surface area contributed by atoms with Crippen LogP contribution in [0.4, 0.5) is 4.79 Å². The van der Waals surface area contributed by atoms with Gasteiger partial charge in [-0.1, -0.05) is 6.07 Å². The molecule has 37 heavy (non-hydrogen) atoms. The lowest BCUT2D eigenvalue weighted by Gasteiger charge is -2.28. The molecule has 1 atom stereocenters. The standard InChI is InChI=1S/C22H24N6O9/c1-4-36-20(32)16-10(2)24-21(33)25-17(16)11-5-6-13(14(7-11)35-3)37-9-15(29)28-23-8-12-18(30)26-22(34)27-19(12)31/h5-8,17H,4,9H2,1-3H3,(H,28,29)(H2,24,25,33)(H3,26,27,30,31,34)/b23-8+/t17-/m0/s1. The van der Waals surface area contributed by atoms with E-state index >= 15 is 0 Å². The first-order valence-corrected chi connectivity index (χ1v) is 10.8. The van der Waals surface area contributed by atoms with E-state index in [1.807, 2.05) is 9.97 Å². The normalized spacial score (nSPS) is 15.1. The molecule has 2 heterocycles. The second-order valence-electron chi connectivity index (χ2n) is 7.45. The number of aromatic hydroxyl groups is 1. The average molecular weight is 516 g/mol. The summed E-state index contributed by atoms with van der Waals surface area (Å²) in [6, 6.07) is 3.31. The minimum absolute atomic E-state index is 0.154. The average Bonchev–Trinajstić information content (AvgIpc) is 2.83. The molecule has 0 saturated heterocycles. The summed E-state index contributed by atoms with van der Waals surface area (Å²) in [5, 5.41) is 18.4. The zero-order valence-electron chi connectivity index (χ0n) is 20.0. The third-order valence-corrected chi connectivity index (χ3v) is 4.99. The summed E-state index contributed by atoms with van der Waals surface area (Å²) in [5.74, 6) is -1.62. The van der Waals surface area contributed by atoms with E-state index < -0.39 is 47.7 Å². The molecule has 0 unspecified atom stereocenters. The van der Waals surface area contributed by atoms with Gasteiger partial charge in [0.1, 0.15) is 5.56 Å². The Balaban J connectivity index is 1.71. The number of aromatic amines is 2. The number of hydrogen-bond donors (Lipinski definition) is 6. The Bertz CT molecular complexity index is 1390. The Hall–Kier alpha value is -5.08. The van der Waals surface area contributed by atoms with Crippen LogP contribution in [0.2, 0.25) is 0 Å². The van der Waals surface area contributed by atoms with Crippen LogP contribution >= 0.6 is 0 Å². The first-order chi connectivity index (χ1) is 17.6. The fraction of sp³-hybridized carbons (Fsp3) is 0.273. The number of nitrogens with zero attached hydrogens (tertiary/aromatic N) is 1. The third kappa shape index (κ3) is 6.33. The highest BCUT2D eigenvalue weighted by Crippen LogP contribution is 2.34. The van der Waals surface area contributed by atoms with Crippen molar-refractivity contribution in [3.63, 3.8) is 0 Å². The van der Waals surface area contributed by atoms with Crippen molar-refractivity contribution in [2.24, 2.45) is 5.10 Å². The van der Waals surface area contributed by atoms with E-state index in [2.05, 4.69) is 21.2 Å². The highest BCUT2D eigenvalue weighted by atomic mass is 16.5. The monoisotopic (exact) mass is 516 g/mol. The lowest BCUT2D eigenvalue weighted by atomic mass is 9.95. The molecule has 15 heteroatoms. The third-order valence-electron chi connectivity index (χ3n) is 4.99. The van der Waals surface area contributed by atoms with Crippen molar-refractivity contribution in [2.45, 2.75) is 19.9 Å². The minimum Gasteiger partial charge on any atom is -0.494 e. The van der Waals surface area contributed by atoms with Crippen LogP contribution in [-0.4, -0.2) is 59.5 Å². The maximum Gasteiger partial charge on any atom is 0.338 e. The molecule has 1 aromatic heterocycles. The number of allylic oxidation sites excluding steroid dienone is 1. The molecule has 1 aliphatic heterocycles. The predicted molar refractivity (Wildman–Crippen MR) is 127 cm³/mol. The Labute approximate surface area is 208 Å². The maximum absolute atomic E-state index is 12.5. The molecule has 6 N–H and O–H groups in total. The number of esters is 1. The number of hydrogen-bond acceptors (Lipinski definition) is 10. The number of carbonyl (C=O) groups is 3. The zero-order chi connectivity index (χ0) is 27.1. The number of urea groups is 1. The number of methoxy groups -OCH3 is 1. The van der Waals surface area contributed by atoms with Gasteiger partial charge in [-0.3, -0.25) is 19.6 Å². The Morgan fingerprint density at radius 2 is 1.95 bits per heavy atom. The lowest BCUT2D eigenvalue weighted by molar-refractivity contribution is -0.139. The van der Waals surface area contributed by atoms with E-state index in [1.165, 1.54) is 13.2 Å². The van der Waals surface area contributed by atoms with Crippen LogP contribution in [0.15, 0.2) is 44.2 Å². The zero-order valence-corrected chi connectivity index (χ0v) is 20.0. The van der Waals surface area contributed by atoms with Gasteiger partial charge in [0.25, 0.3) is 11.5 Å². The highest BCUT2D eigenvalue weighted by Gasteiger charge is 2.32. The van der Waals surface area contributed by atoms with Gasteiger partial charge in [-0.15, -0.1) is 0 Å². The molecule has 0 bridgehead atoms. The number of H-pyrrole nitrogens is 2. The number of rotatable bonds is 9. The van der Waals surface area contributed by atoms with E-state index in [9.17, 15) is 29.1 Å². The second-order valence-corrected chi connectivity index (χ2v) is 7.45. The van der Waals surface area contributed by atoms with Crippen molar-refractivity contribution in [3.8, 4) is 17.4 Å². The molecule has 15 nitrogen and oxygen atoms in total. The van der Waals surface area contributed by atoms with Crippen molar-refractivity contribution in [3.05, 3.63) is 61.4 Å². The van der Waals surface area contributed by atoms with Crippen LogP contribution in [-0.2, 0) is 14.3 Å². The van der Waals surface area contributed by atoms with Gasteiger partial charge in [-0.05, 0) is 31.5 Å². The first-order valence-electron chi connectivity index (χ1n) is 10.8. The van der Waals surface area contributed by atoms with E-state index in [4.69, 9.17) is 14.2 Å².